The number of rotatable bonds is 5. The standard InChI is InChI=1S/C17H11F3N4O3S2/c18-17(19,20)16(23-24-16)10-5-7-11(8-6-10)29(26,27)22-15(25)9-13-12-3-1-2-4-14(12)28-21-13/h1-8H,9H2,(H,22,25). The molecule has 3 aromatic rings. The van der Waals surface area contributed by atoms with Gasteiger partial charge in [0.2, 0.25) is 5.91 Å². The van der Waals surface area contributed by atoms with Gasteiger partial charge in [-0.25, -0.2) is 13.1 Å². The molecule has 0 saturated carbocycles. The van der Waals surface area contributed by atoms with Crippen molar-refractivity contribution in [3.05, 3.63) is 59.8 Å². The Labute approximate surface area is 166 Å². The molecule has 0 fully saturated rings. The van der Waals surface area contributed by atoms with Crippen LogP contribution in [0.3, 0.4) is 0 Å². The lowest BCUT2D eigenvalue weighted by Gasteiger charge is -2.15. The van der Waals surface area contributed by atoms with E-state index in [4.69, 9.17) is 0 Å². The van der Waals surface area contributed by atoms with Crippen LogP contribution in [0.5, 0.6) is 0 Å². The Morgan fingerprint density at radius 1 is 1.07 bits per heavy atom. The van der Waals surface area contributed by atoms with Crippen molar-refractivity contribution < 1.29 is 26.4 Å². The molecule has 12 heteroatoms. The van der Waals surface area contributed by atoms with Crippen LogP contribution >= 0.6 is 11.5 Å². The fourth-order valence-electron chi connectivity index (χ4n) is 2.77. The fraction of sp³-hybridized carbons (Fsp3) is 0.176. The van der Waals surface area contributed by atoms with Crippen molar-refractivity contribution in [3.63, 3.8) is 0 Å². The lowest BCUT2D eigenvalue weighted by Crippen LogP contribution is -2.32. The van der Waals surface area contributed by atoms with Gasteiger partial charge in [-0.15, -0.1) is 10.2 Å². The molecule has 0 atom stereocenters. The summed E-state index contributed by atoms with van der Waals surface area (Å²) in [5.74, 6) is -0.802. The highest BCUT2D eigenvalue weighted by Crippen LogP contribution is 2.52. The number of carbonyl (C=O) groups excluding carboxylic acids is 1. The molecule has 7 nitrogen and oxygen atoms in total. The zero-order valence-electron chi connectivity index (χ0n) is 14.3. The Hall–Kier alpha value is -2.86. The largest absolute Gasteiger partial charge is 0.442 e. The monoisotopic (exact) mass is 440 g/mol. The lowest BCUT2D eigenvalue weighted by molar-refractivity contribution is -0.166. The normalized spacial score (nSPS) is 15.4. The number of sulfonamides is 1. The first-order valence-corrected chi connectivity index (χ1v) is 10.4. The molecule has 2 aromatic carbocycles. The Balaban J connectivity index is 1.49. The van der Waals surface area contributed by atoms with Crippen LogP contribution in [-0.4, -0.2) is 24.9 Å². The van der Waals surface area contributed by atoms with Crippen molar-refractivity contribution in [2.24, 2.45) is 10.2 Å². The van der Waals surface area contributed by atoms with Crippen LogP contribution in [0.4, 0.5) is 13.2 Å². The van der Waals surface area contributed by atoms with Gasteiger partial charge in [0.15, 0.2) is 0 Å². The van der Waals surface area contributed by atoms with E-state index in [-0.39, 0.29) is 16.9 Å². The second-order valence-corrected chi connectivity index (χ2v) is 8.71. The van der Waals surface area contributed by atoms with Gasteiger partial charge in [-0.1, -0.05) is 30.3 Å². The number of benzene rings is 2. The number of hydrogen-bond acceptors (Lipinski definition) is 7. The first kappa shape index (κ1) is 19.5. The van der Waals surface area contributed by atoms with Crippen LogP contribution in [0.1, 0.15) is 11.3 Å². The predicted molar refractivity (Wildman–Crippen MR) is 97.7 cm³/mol. The molecule has 1 N–H and O–H groups in total. The van der Waals surface area contributed by atoms with E-state index in [1.165, 1.54) is 11.5 Å². The third-order valence-electron chi connectivity index (χ3n) is 4.29. The molecule has 1 aromatic heterocycles. The van der Waals surface area contributed by atoms with Crippen LogP contribution in [0.2, 0.25) is 0 Å². The number of amides is 1. The molecule has 0 spiro atoms. The third-order valence-corrected chi connectivity index (χ3v) is 6.54. The maximum atomic E-state index is 13.0. The number of carbonyl (C=O) groups is 1. The molecular weight excluding hydrogens is 429 g/mol. The van der Waals surface area contributed by atoms with Crippen molar-refractivity contribution in [1.82, 2.24) is 9.10 Å². The average molecular weight is 440 g/mol. The highest BCUT2D eigenvalue weighted by atomic mass is 32.2. The van der Waals surface area contributed by atoms with Crippen molar-refractivity contribution in [1.29, 1.82) is 0 Å². The summed E-state index contributed by atoms with van der Waals surface area (Å²) in [7, 11) is -4.26. The third kappa shape index (κ3) is 3.49. The molecule has 0 unspecified atom stereocenters. The number of nitrogens with zero attached hydrogens (tertiary/aromatic N) is 3. The van der Waals surface area contributed by atoms with E-state index in [0.29, 0.717) is 5.69 Å². The van der Waals surface area contributed by atoms with Gasteiger partial charge in [-0.3, -0.25) is 4.79 Å². The quantitative estimate of drug-likeness (QED) is 0.656. The summed E-state index contributed by atoms with van der Waals surface area (Å²) in [6.07, 6.45) is -4.96. The number of hydrogen-bond donors (Lipinski definition) is 1. The van der Waals surface area contributed by atoms with Gasteiger partial charge in [-0.2, -0.15) is 17.5 Å². The molecule has 0 radical (unpaired) electrons. The lowest BCUT2D eigenvalue weighted by atomic mass is 10.0. The molecule has 1 amide bonds. The zero-order valence-corrected chi connectivity index (χ0v) is 16.0. The Bertz CT molecular complexity index is 1230. The van der Waals surface area contributed by atoms with Gasteiger partial charge in [0.25, 0.3) is 10.0 Å². The topological polar surface area (TPSA) is 101 Å². The summed E-state index contributed by atoms with van der Waals surface area (Å²) in [5, 5.41) is 6.87. The SMILES string of the molecule is O=C(Cc1nsc2ccccc12)NS(=O)(=O)c1ccc(C2(C(F)(F)F)N=N2)cc1. The van der Waals surface area contributed by atoms with E-state index in [0.717, 1.165) is 34.4 Å². The highest BCUT2D eigenvalue weighted by molar-refractivity contribution is 7.90. The fourth-order valence-corrected chi connectivity index (χ4v) is 4.55. The Morgan fingerprint density at radius 3 is 2.34 bits per heavy atom. The Morgan fingerprint density at radius 2 is 1.72 bits per heavy atom. The van der Waals surface area contributed by atoms with Crippen LogP contribution in [-0.2, 0) is 26.9 Å². The first-order valence-electron chi connectivity index (χ1n) is 8.13. The molecular formula is C17H11F3N4O3S2. The Kier molecular flexibility index (Phi) is 4.42. The summed E-state index contributed by atoms with van der Waals surface area (Å²) in [4.78, 5) is 11.9. The number of halogens is 3. The van der Waals surface area contributed by atoms with Gasteiger partial charge in [0.05, 0.1) is 21.7 Å². The molecule has 4 rings (SSSR count). The van der Waals surface area contributed by atoms with Crippen molar-refractivity contribution in [3.8, 4) is 0 Å². The van der Waals surface area contributed by atoms with E-state index in [2.05, 4.69) is 14.6 Å². The summed E-state index contributed by atoms with van der Waals surface area (Å²) >= 11 is 1.19. The minimum atomic E-state index is -4.71. The highest BCUT2D eigenvalue weighted by Gasteiger charge is 2.65. The molecule has 2 heterocycles. The van der Waals surface area contributed by atoms with Gasteiger partial charge >= 0.3 is 11.8 Å². The summed E-state index contributed by atoms with van der Waals surface area (Å²) in [5.41, 5.74) is -2.49. The van der Waals surface area contributed by atoms with E-state index in [1.807, 2.05) is 16.9 Å². The second-order valence-electron chi connectivity index (χ2n) is 6.23. The van der Waals surface area contributed by atoms with Crippen molar-refractivity contribution >= 4 is 37.5 Å². The minimum Gasteiger partial charge on any atom is -0.274 e. The van der Waals surface area contributed by atoms with Crippen molar-refractivity contribution in [2.75, 3.05) is 0 Å². The zero-order chi connectivity index (χ0) is 20.9. The molecule has 1 aliphatic heterocycles. The average Bonchev–Trinajstić information content (AvgIpc) is 3.39. The maximum absolute atomic E-state index is 13.0. The van der Waals surface area contributed by atoms with E-state index >= 15 is 0 Å². The molecule has 29 heavy (non-hydrogen) atoms. The van der Waals surface area contributed by atoms with Gasteiger partial charge < -0.3 is 0 Å². The smallest absolute Gasteiger partial charge is 0.274 e. The number of aromatic nitrogens is 1. The van der Waals surface area contributed by atoms with Gasteiger partial charge in [0.1, 0.15) is 0 Å². The molecule has 0 saturated heterocycles. The summed E-state index contributed by atoms with van der Waals surface area (Å²) < 4.78 is 70.8. The van der Waals surface area contributed by atoms with E-state index < -0.39 is 27.8 Å². The summed E-state index contributed by atoms with van der Waals surface area (Å²) in [6, 6.07) is 11.1. The van der Waals surface area contributed by atoms with E-state index in [1.54, 1.807) is 12.1 Å². The first-order chi connectivity index (χ1) is 13.6. The second kappa shape index (κ2) is 6.59. The summed E-state index contributed by atoms with van der Waals surface area (Å²) in [6.45, 7) is 0. The van der Waals surface area contributed by atoms with Crippen LogP contribution in [0.25, 0.3) is 10.1 Å². The van der Waals surface area contributed by atoms with Crippen LogP contribution in [0, 0.1) is 0 Å². The number of nitrogens with one attached hydrogen (secondary N) is 1. The molecule has 1 aliphatic rings. The number of fused-ring (bicyclic) bond motifs is 1. The minimum absolute atomic E-state index is 0.254. The number of alkyl halides is 3. The maximum Gasteiger partial charge on any atom is 0.442 e. The van der Waals surface area contributed by atoms with Crippen LogP contribution < -0.4 is 4.72 Å². The van der Waals surface area contributed by atoms with E-state index in [9.17, 15) is 26.4 Å². The van der Waals surface area contributed by atoms with Crippen molar-refractivity contribution in [2.45, 2.75) is 23.2 Å². The predicted octanol–water partition coefficient (Wildman–Crippen LogP) is 3.52. The van der Waals surface area contributed by atoms with Crippen LogP contribution in [0.15, 0.2) is 63.7 Å². The molecule has 0 bridgehead atoms. The van der Waals surface area contributed by atoms with Gasteiger partial charge in [-0.05, 0) is 29.7 Å². The molecule has 150 valence electrons. The molecule has 0 aliphatic carbocycles. The van der Waals surface area contributed by atoms with Gasteiger partial charge in [0, 0.05) is 10.9 Å².